The quantitative estimate of drug-likeness (QED) is 0.734. The van der Waals surface area contributed by atoms with Crippen LogP contribution in [-0.2, 0) is 0 Å². The van der Waals surface area contributed by atoms with Gasteiger partial charge in [0.25, 0.3) is 0 Å². The Morgan fingerprint density at radius 1 is 1.67 bits per heavy atom. The molecule has 66 valence electrons. The van der Waals surface area contributed by atoms with Gasteiger partial charge >= 0.3 is 0 Å². The van der Waals surface area contributed by atoms with E-state index in [4.69, 9.17) is 9.84 Å². The van der Waals surface area contributed by atoms with Gasteiger partial charge in [0.15, 0.2) is 0 Å². The van der Waals surface area contributed by atoms with Crippen LogP contribution < -0.4 is 4.74 Å². The molecule has 3 nitrogen and oxygen atoms in total. The first-order chi connectivity index (χ1) is 5.70. The van der Waals surface area contributed by atoms with Crippen molar-refractivity contribution in [3.63, 3.8) is 0 Å². The predicted molar refractivity (Wildman–Crippen MR) is 46.1 cm³/mol. The molecule has 1 aromatic rings. The molecule has 0 aliphatic rings. The molecule has 0 unspecified atom stereocenters. The van der Waals surface area contributed by atoms with Crippen LogP contribution in [0.15, 0.2) is 18.3 Å². The van der Waals surface area contributed by atoms with E-state index in [1.165, 1.54) is 0 Å². The molecule has 12 heavy (non-hydrogen) atoms. The van der Waals surface area contributed by atoms with Gasteiger partial charge in [-0.1, -0.05) is 0 Å². The first-order valence-electron chi connectivity index (χ1n) is 3.92. The Hall–Kier alpha value is -1.09. The van der Waals surface area contributed by atoms with Crippen molar-refractivity contribution in [1.82, 2.24) is 4.98 Å². The van der Waals surface area contributed by atoms with Crippen molar-refractivity contribution < 1.29 is 9.84 Å². The van der Waals surface area contributed by atoms with Crippen molar-refractivity contribution >= 4 is 0 Å². The smallest absolute Gasteiger partial charge is 0.140 e. The maximum atomic E-state index is 8.96. The van der Waals surface area contributed by atoms with Gasteiger partial charge in [0, 0.05) is 6.20 Å². The van der Waals surface area contributed by atoms with Gasteiger partial charge in [-0.05, 0) is 26.0 Å². The minimum atomic E-state index is -0.440. The van der Waals surface area contributed by atoms with Crippen LogP contribution in [0.25, 0.3) is 0 Å². The zero-order chi connectivity index (χ0) is 8.97. The van der Waals surface area contributed by atoms with E-state index in [1.54, 1.807) is 13.1 Å². The zero-order valence-corrected chi connectivity index (χ0v) is 7.32. The number of aliphatic hydroxyl groups excluding tert-OH is 1. The number of aryl methyl sites for hydroxylation is 1. The number of nitrogens with zero attached hydrogens (tertiary/aromatic N) is 1. The van der Waals surface area contributed by atoms with E-state index in [0.29, 0.717) is 6.61 Å². The second-order valence-corrected chi connectivity index (χ2v) is 2.75. The number of hydrogen-bond donors (Lipinski definition) is 1. The molecule has 0 spiro atoms. The van der Waals surface area contributed by atoms with Gasteiger partial charge in [0.2, 0.25) is 0 Å². The molecule has 1 atom stereocenters. The van der Waals surface area contributed by atoms with E-state index in [1.807, 2.05) is 19.1 Å². The molecule has 0 bridgehead atoms. The summed E-state index contributed by atoms with van der Waals surface area (Å²) in [5.41, 5.74) is 0.846. The predicted octanol–water partition coefficient (Wildman–Crippen LogP) is 1.15. The summed E-state index contributed by atoms with van der Waals surface area (Å²) in [7, 11) is 0. The topological polar surface area (TPSA) is 42.4 Å². The van der Waals surface area contributed by atoms with E-state index < -0.39 is 6.10 Å². The second-order valence-electron chi connectivity index (χ2n) is 2.75. The summed E-state index contributed by atoms with van der Waals surface area (Å²) in [6.07, 6.45) is 1.27. The van der Waals surface area contributed by atoms with Crippen LogP contribution in [0.4, 0.5) is 0 Å². The lowest BCUT2D eigenvalue weighted by Crippen LogP contribution is -2.13. The number of ether oxygens (including phenoxy) is 1. The summed E-state index contributed by atoms with van der Waals surface area (Å²) in [5, 5.41) is 8.96. The van der Waals surface area contributed by atoms with Crippen LogP contribution in [0.1, 0.15) is 12.6 Å². The lowest BCUT2D eigenvalue weighted by atomic mass is 10.3. The highest BCUT2D eigenvalue weighted by molar-refractivity contribution is 5.25. The second kappa shape index (κ2) is 4.07. The van der Waals surface area contributed by atoms with Crippen LogP contribution in [0.3, 0.4) is 0 Å². The molecule has 1 rings (SSSR count). The zero-order valence-electron chi connectivity index (χ0n) is 7.32. The minimum absolute atomic E-state index is 0.312. The fraction of sp³-hybridized carbons (Fsp3) is 0.444. The van der Waals surface area contributed by atoms with Gasteiger partial charge in [-0.25, -0.2) is 0 Å². The molecule has 1 N–H and O–H groups in total. The summed E-state index contributed by atoms with van der Waals surface area (Å²) >= 11 is 0. The molecule has 1 aromatic heterocycles. The molecule has 0 saturated heterocycles. The van der Waals surface area contributed by atoms with Crippen LogP contribution in [0.5, 0.6) is 5.75 Å². The van der Waals surface area contributed by atoms with Gasteiger partial charge in [-0.15, -0.1) is 0 Å². The first kappa shape index (κ1) is 9.00. The fourth-order valence-electron chi connectivity index (χ4n) is 0.832. The highest BCUT2D eigenvalue weighted by atomic mass is 16.5. The molecule has 0 amide bonds. The number of rotatable bonds is 3. The monoisotopic (exact) mass is 167 g/mol. The van der Waals surface area contributed by atoms with Crippen molar-refractivity contribution in [2.24, 2.45) is 0 Å². The molecular weight excluding hydrogens is 154 g/mol. The Labute approximate surface area is 72.0 Å². The van der Waals surface area contributed by atoms with Gasteiger partial charge in [-0.2, -0.15) is 0 Å². The highest BCUT2D eigenvalue weighted by Gasteiger charge is 2.00. The molecule has 0 aliphatic heterocycles. The van der Waals surface area contributed by atoms with Crippen LogP contribution in [0.2, 0.25) is 0 Å². The summed E-state index contributed by atoms with van der Waals surface area (Å²) < 4.78 is 5.29. The van der Waals surface area contributed by atoms with Crippen LogP contribution in [0, 0.1) is 6.92 Å². The SMILES string of the molecule is Cc1ncccc1OC[C@H](C)O. The largest absolute Gasteiger partial charge is 0.489 e. The summed E-state index contributed by atoms with van der Waals surface area (Å²) in [6.45, 7) is 3.87. The molecule has 0 fully saturated rings. The molecule has 0 radical (unpaired) electrons. The van der Waals surface area contributed by atoms with Crippen molar-refractivity contribution in [3.05, 3.63) is 24.0 Å². The Morgan fingerprint density at radius 3 is 3.00 bits per heavy atom. The van der Waals surface area contributed by atoms with Gasteiger partial charge in [0.05, 0.1) is 11.8 Å². The third kappa shape index (κ3) is 2.51. The van der Waals surface area contributed by atoms with E-state index in [0.717, 1.165) is 11.4 Å². The van der Waals surface area contributed by atoms with Gasteiger partial charge < -0.3 is 9.84 Å². The van der Waals surface area contributed by atoms with Crippen molar-refractivity contribution in [1.29, 1.82) is 0 Å². The average Bonchev–Trinajstić information content (AvgIpc) is 2.03. The normalized spacial score (nSPS) is 12.6. The van der Waals surface area contributed by atoms with E-state index in [2.05, 4.69) is 4.98 Å². The molecule has 0 aliphatic carbocycles. The highest BCUT2D eigenvalue weighted by Crippen LogP contribution is 2.13. The molecule has 3 heteroatoms. The van der Waals surface area contributed by atoms with Crippen LogP contribution in [-0.4, -0.2) is 22.8 Å². The lowest BCUT2D eigenvalue weighted by molar-refractivity contribution is 0.122. The number of pyridine rings is 1. The Morgan fingerprint density at radius 2 is 2.42 bits per heavy atom. The maximum absolute atomic E-state index is 8.96. The Balaban J connectivity index is 2.57. The Kier molecular flexibility index (Phi) is 3.05. The lowest BCUT2D eigenvalue weighted by Gasteiger charge is -2.08. The fourth-order valence-corrected chi connectivity index (χ4v) is 0.832. The van der Waals surface area contributed by atoms with Crippen LogP contribution >= 0.6 is 0 Å². The standard InChI is InChI=1S/C9H13NO2/c1-7(11)6-12-9-4-3-5-10-8(9)2/h3-5,7,11H,6H2,1-2H3/t7-/m0/s1. The molecule has 1 heterocycles. The first-order valence-corrected chi connectivity index (χ1v) is 3.92. The Bertz CT molecular complexity index is 248. The number of hydrogen-bond acceptors (Lipinski definition) is 3. The summed E-state index contributed by atoms with van der Waals surface area (Å²) in [6, 6.07) is 3.65. The number of aliphatic hydroxyl groups is 1. The van der Waals surface area contributed by atoms with Crippen molar-refractivity contribution in [2.45, 2.75) is 20.0 Å². The maximum Gasteiger partial charge on any atom is 0.140 e. The van der Waals surface area contributed by atoms with Gasteiger partial charge in [0.1, 0.15) is 12.4 Å². The van der Waals surface area contributed by atoms with E-state index in [9.17, 15) is 0 Å². The third-order valence-corrected chi connectivity index (χ3v) is 1.44. The third-order valence-electron chi connectivity index (χ3n) is 1.44. The van der Waals surface area contributed by atoms with E-state index in [-0.39, 0.29) is 0 Å². The molecule has 0 aromatic carbocycles. The van der Waals surface area contributed by atoms with Gasteiger partial charge in [-0.3, -0.25) is 4.98 Å². The summed E-state index contributed by atoms with van der Waals surface area (Å²) in [4.78, 5) is 4.05. The number of aromatic nitrogens is 1. The van der Waals surface area contributed by atoms with E-state index >= 15 is 0 Å². The van der Waals surface area contributed by atoms with Crippen molar-refractivity contribution in [3.8, 4) is 5.75 Å². The van der Waals surface area contributed by atoms with Crippen molar-refractivity contribution in [2.75, 3.05) is 6.61 Å². The molecule has 0 saturated carbocycles. The summed E-state index contributed by atoms with van der Waals surface area (Å²) in [5.74, 6) is 0.735. The average molecular weight is 167 g/mol. The minimum Gasteiger partial charge on any atom is -0.489 e. The molecular formula is C9H13NO2.